The molecule has 1 fully saturated rings. The first kappa shape index (κ1) is 60.2. The summed E-state index contributed by atoms with van der Waals surface area (Å²) in [6.45, 7) is 3.35. The first-order valence-electron chi connectivity index (χ1n) is 26.0. The van der Waals surface area contributed by atoms with E-state index in [4.69, 9.17) is 18.9 Å². The largest absolute Gasteiger partial charge is 0.462 e. The number of rotatable bonds is 43. The molecular weight excluding hydrogens is 821 g/mol. The summed E-state index contributed by atoms with van der Waals surface area (Å²) >= 11 is 0. The van der Waals surface area contributed by atoms with Crippen molar-refractivity contribution in [1.82, 2.24) is 0 Å². The zero-order valence-electron chi connectivity index (χ0n) is 41.0. The van der Waals surface area contributed by atoms with Gasteiger partial charge in [0.2, 0.25) is 0 Å². The Kier molecular flexibility index (Phi) is 41.6. The maximum absolute atomic E-state index is 12.8. The van der Waals surface area contributed by atoms with Crippen LogP contribution in [0.25, 0.3) is 0 Å². The Bertz CT molecular complexity index is 1290. The third kappa shape index (κ3) is 35.9. The molecule has 65 heavy (non-hydrogen) atoms. The van der Waals surface area contributed by atoms with Crippen molar-refractivity contribution in [2.75, 3.05) is 19.8 Å². The molecule has 0 radical (unpaired) electrons. The van der Waals surface area contributed by atoms with Gasteiger partial charge in [0.15, 0.2) is 12.4 Å². The minimum absolute atomic E-state index is 0.150. The summed E-state index contributed by atoms with van der Waals surface area (Å²) in [4.78, 5) is 25.4. The van der Waals surface area contributed by atoms with Crippen LogP contribution in [-0.4, -0.2) is 89.0 Å². The molecule has 1 aliphatic rings. The third-order valence-corrected chi connectivity index (χ3v) is 11.6. The second-order valence-electron chi connectivity index (χ2n) is 17.6. The molecule has 1 aliphatic heterocycles. The highest BCUT2D eigenvalue weighted by molar-refractivity contribution is 5.70. The zero-order valence-corrected chi connectivity index (χ0v) is 41.0. The van der Waals surface area contributed by atoms with Gasteiger partial charge in [-0.3, -0.25) is 9.59 Å². The summed E-state index contributed by atoms with van der Waals surface area (Å²) in [6, 6.07) is 0. The van der Waals surface area contributed by atoms with Crippen LogP contribution in [-0.2, 0) is 28.5 Å². The molecule has 0 spiro atoms. The summed E-state index contributed by atoms with van der Waals surface area (Å²) in [5.41, 5.74) is 0. The average molecular weight is 915 g/mol. The van der Waals surface area contributed by atoms with Crippen LogP contribution in [0.4, 0.5) is 0 Å². The van der Waals surface area contributed by atoms with Gasteiger partial charge >= 0.3 is 11.9 Å². The Morgan fingerprint density at radius 2 is 0.877 bits per heavy atom. The molecule has 0 aliphatic carbocycles. The van der Waals surface area contributed by atoms with Crippen LogP contribution in [0, 0.1) is 0 Å². The fourth-order valence-electron chi connectivity index (χ4n) is 7.45. The third-order valence-electron chi connectivity index (χ3n) is 11.6. The van der Waals surface area contributed by atoms with Gasteiger partial charge in [-0.1, -0.05) is 183 Å². The summed E-state index contributed by atoms with van der Waals surface area (Å²) in [6.07, 6.45) is 50.5. The van der Waals surface area contributed by atoms with Crippen molar-refractivity contribution in [3.63, 3.8) is 0 Å². The number of aliphatic hydroxyl groups is 4. The van der Waals surface area contributed by atoms with Gasteiger partial charge in [-0.15, -0.1) is 0 Å². The highest BCUT2D eigenvalue weighted by atomic mass is 16.7. The molecule has 0 aromatic heterocycles. The van der Waals surface area contributed by atoms with Crippen molar-refractivity contribution in [2.24, 2.45) is 0 Å². The summed E-state index contributed by atoms with van der Waals surface area (Å²) in [5, 5.41) is 40.2. The first-order valence-corrected chi connectivity index (χ1v) is 26.0. The van der Waals surface area contributed by atoms with Crippen molar-refractivity contribution < 1.29 is 49.0 Å². The number of carbonyl (C=O) groups is 2. The van der Waals surface area contributed by atoms with Gasteiger partial charge in [0.05, 0.1) is 13.2 Å². The molecule has 1 rings (SSSR count). The monoisotopic (exact) mass is 915 g/mol. The van der Waals surface area contributed by atoms with Gasteiger partial charge in [0, 0.05) is 12.8 Å². The molecule has 1 heterocycles. The van der Waals surface area contributed by atoms with Crippen molar-refractivity contribution >= 4 is 11.9 Å². The molecule has 0 aromatic carbocycles. The highest BCUT2D eigenvalue weighted by Crippen LogP contribution is 2.23. The molecule has 0 saturated carbocycles. The lowest BCUT2D eigenvalue weighted by Crippen LogP contribution is -2.59. The maximum Gasteiger partial charge on any atom is 0.306 e. The Labute approximate surface area is 395 Å². The van der Waals surface area contributed by atoms with E-state index in [0.717, 1.165) is 51.4 Å². The van der Waals surface area contributed by atoms with E-state index >= 15 is 0 Å². The summed E-state index contributed by atoms with van der Waals surface area (Å²) in [7, 11) is 0. The van der Waals surface area contributed by atoms with Crippen molar-refractivity contribution in [1.29, 1.82) is 0 Å². The van der Waals surface area contributed by atoms with E-state index in [1.54, 1.807) is 0 Å². The Morgan fingerprint density at radius 1 is 0.477 bits per heavy atom. The van der Waals surface area contributed by atoms with Gasteiger partial charge in [-0.25, -0.2) is 0 Å². The second kappa shape index (κ2) is 44.9. The zero-order chi connectivity index (χ0) is 47.3. The number of hydrogen-bond acceptors (Lipinski definition) is 10. The molecule has 2 unspecified atom stereocenters. The van der Waals surface area contributed by atoms with Crippen molar-refractivity contribution in [3.05, 3.63) is 72.9 Å². The molecule has 10 nitrogen and oxygen atoms in total. The number of aliphatic hydroxyl groups excluding tert-OH is 4. The van der Waals surface area contributed by atoms with Gasteiger partial charge < -0.3 is 39.4 Å². The normalized spacial score (nSPS) is 19.9. The average Bonchev–Trinajstić information content (AvgIpc) is 3.30. The van der Waals surface area contributed by atoms with Crippen LogP contribution < -0.4 is 0 Å². The predicted octanol–water partition coefficient (Wildman–Crippen LogP) is 12.3. The van der Waals surface area contributed by atoms with E-state index in [-0.39, 0.29) is 26.1 Å². The molecular formula is C55H94O10. The molecule has 0 bridgehead atoms. The smallest absolute Gasteiger partial charge is 0.306 e. The number of esters is 2. The Hall–Kier alpha value is -2.86. The fraction of sp³-hybridized carbons (Fsp3) is 0.745. The molecule has 10 heteroatoms. The van der Waals surface area contributed by atoms with Gasteiger partial charge in [-0.2, -0.15) is 0 Å². The number of unbranched alkanes of at least 4 members (excludes halogenated alkanes) is 20. The fourth-order valence-corrected chi connectivity index (χ4v) is 7.45. The molecule has 0 aromatic rings. The minimum atomic E-state index is -1.61. The van der Waals surface area contributed by atoms with E-state index in [0.29, 0.717) is 19.3 Å². The molecule has 4 N–H and O–H groups in total. The summed E-state index contributed by atoms with van der Waals surface area (Å²) < 4.78 is 22.2. The standard InChI is InChI=1S/C55H94O10/c1-3-5-7-9-11-13-15-17-19-21-23-24-26-28-30-32-34-36-38-40-42-44-51(58)64-48(47-63-55-54(61)53(60)52(59)49(45-56)65-55)46-62-50(57)43-41-39-37-35-33-31-29-27-25-22-20-18-16-14-12-10-8-6-4-2/h12,14,18-21,24,26,30,32,36,38,48-49,52-56,59-61H,3-11,13,15-17,22-23,25,27-29,31,33-35,37,39-47H2,1-2H3/b14-12+,20-18+,21-19+,26-24+,32-30+,38-36+/t48-,49-,52+,53?,54?,55-/m1/s1. The van der Waals surface area contributed by atoms with Gasteiger partial charge in [0.1, 0.15) is 31.0 Å². The molecule has 0 amide bonds. The topological polar surface area (TPSA) is 152 Å². The van der Waals surface area contributed by atoms with E-state index in [9.17, 15) is 30.0 Å². The van der Waals surface area contributed by atoms with Crippen LogP contribution in [0.5, 0.6) is 0 Å². The number of ether oxygens (including phenoxy) is 4. The lowest BCUT2D eigenvalue weighted by atomic mass is 9.99. The van der Waals surface area contributed by atoms with Gasteiger partial charge in [-0.05, 0) is 83.5 Å². The molecule has 374 valence electrons. The number of hydrogen-bond donors (Lipinski definition) is 4. The summed E-state index contributed by atoms with van der Waals surface area (Å²) in [5.74, 6) is -0.878. The van der Waals surface area contributed by atoms with E-state index < -0.39 is 55.4 Å². The van der Waals surface area contributed by atoms with Crippen LogP contribution in [0.15, 0.2) is 72.9 Å². The Morgan fingerprint density at radius 3 is 1.37 bits per heavy atom. The quantitative estimate of drug-likeness (QED) is 0.0264. The minimum Gasteiger partial charge on any atom is -0.462 e. The Balaban J connectivity index is 2.32. The lowest BCUT2D eigenvalue weighted by Gasteiger charge is -2.39. The number of allylic oxidation sites excluding steroid dienone is 12. The maximum atomic E-state index is 12.8. The van der Waals surface area contributed by atoms with Crippen LogP contribution >= 0.6 is 0 Å². The van der Waals surface area contributed by atoms with Crippen LogP contribution in [0.1, 0.15) is 206 Å². The molecule has 6 atom stereocenters. The van der Waals surface area contributed by atoms with E-state index in [1.807, 2.05) is 6.08 Å². The predicted molar refractivity (Wildman–Crippen MR) is 265 cm³/mol. The molecule has 1 saturated heterocycles. The van der Waals surface area contributed by atoms with E-state index in [1.165, 1.54) is 109 Å². The van der Waals surface area contributed by atoms with Gasteiger partial charge in [0.25, 0.3) is 0 Å². The van der Waals surface area contributed by atoms with Crippen LogP contribution in [0.2, 0.25) is 0 Å². The van der Waals surface area contributed by atoms with E-state index in [2.05, 4.69) is 80.7 Å². The SMILES string of the molecule is CCCCC/C=C/C/C=C/CCCCCCCCCCCC(=O)OC[C@H](CO[C@@H]1O[C@H](CO)[C@H](O)C(O)C1O)OC(=O)CCC/C=C/C/C=C/C/C=C/C/C=C/CCCCCCCCC. The van der Waals surface area contributed by atoms with Crippen LogP contribution in [0.3, 0.4) is 0 Å². The second-order valence-corrected chi connectivity index (χ2v) is 17.6. The van der Waals surface area contributed by atoms with Crippen molar-refractivity contribution in [2.45, 2.75) is 243 Å². The lowest BCUT2D eigenvalue weighted by molar-refractivity contribution is -0.305. The number of carbonyl (C=O) groups excluding carboxylic acids is 2. The van der Waals surface area contributed by atoms with Crippen molar-refractivity contribution in [3.8, 4) is 0 Å². The highest BCUT2D eigenvalue weighted by Gasteiger charge is 2.44. The first-order chi connectivity index (χ1) is 31.8.